The Balaban J connectivity index is 1.82. The van der Waals surface area contributed by atoms with Gasteiger partial charge in [0, 0.05) is 18.8 Å². The van der Waals surface area contributed by atoms with Gasteiger partial charge in [0.2, 0.25) is 5.95 Å². The molecule has 1 fully saturated rings. The Labute approximate surface area is 94.6 Å². The van der Waals surface area contributed by atoms with Crippen LogP contribution in [-0.4, -0.2) is 28.7 Å². The normalized spacial score (nSPS) is 23.6. The van der Waals surface area contributed by atoms with E-state index in [1.807, 2.05) is 13.0 Å². The van der Waals surface area contributed by atoms with Crippen molar-refractivity contribution in [2.45, 2.75) is 31.9 Å². The zero-order valence-electron chi connectivity index (χ0n) is 9.31. The third-order valence-electron chi connectivity index (χ3n) is 2.63. The Kier molecular flexibility index (Phi) is 3.53. The molecule has 4 N–H and O–H groups in total. The summed E-state index contributed by atoms with van der Waals surface area (Å²) in [5.74, 6) is 6.45. The molecule has 0 spiro atoms. The van der Waals surface area contributed by atoms with Crippen molar-refractivity contribution in [2.24, 2.45) is 5.84 Å². The summed E-state index contributed by atoms with van der Waals surface area (Å²) in [6.07, 6.45) is 4.13. The van der Waals surface area contributed by atoms with E-state index in [9.17, 15) is 0 Å². The Bertz CT molecular complexity index is 340. The molecule has 0 saturated heterocycles. The summed E-state index contributed by atoms with van der Waals surface area (Å²) in [6, 6.07) is 2.27. The lowest BCUT2D eigenvalue weighted by Gasteiger charge is -2.35. The first kappa shape index (κ1) is 11.1. The van der Waals surface area contributed by atoms with Crippen LogP contribution in [0.5, 0.6) is 0 Å². The summed E-state index contributed by atoms with van der Waals surface area (Å²) in [7, 11) is 0. The summed E-state index contributed by atoms with van der Waals surface area (Å²) in [4.78, 5) is 8.13. The number of hydrazine groups is 1. The number of hydrogen-bond acceptors (Lipinski definition) is 6. The standard InChI is InChI=1S/C10H17N5O/c1-2-16-8-5-7(6-8)13-9-3-4-12-10(14-9)15-11/h3-4,7-8H,2,5-6,11H2,1H3,(H2,12,13,14,15). The van der Waals surface area contributed by atoms with Crippen LogP contribution >= 0.6 is 0 Å². The van der Waals surface area contributed by atoms with Gasteiger partial charge in [0.05, 0.1) is 6.10 Å². The summed E-state index contributed by atoms with van der Waals surface area (Å²) >= 11 is 0. The minimum Gasteiger partial charge on any atom is -0.378 e. The quantitative estimate of drug-likeness (QED) is 0.504. The summed E-state index contributed by atoms with van der Waals surface area (Å²) in [5, 5.41) is 3.31. The fraction of sp³-hybridized carbons (Fsp3) is 0.600. The second-order valence-electron chi connectivity index (χ2n) is 3.80. The second-order valence-corrected chi connectivity index (χ2v) is 3.80. The SMILES string of the molecule is CCOC1CC(Nc2ccnc(NN)n2)C1. The topological polar surface area (TPSA) is 85.1 Å². The van der Waals surface area contributed by atoms with Crippen LogP contribution in [0.4, 0.5) is 11.8 Å². The van der Waals surface area contributed by atoms with Gasteiger partial charge in [-0.25, -0.2) is 10.8 Å². The number of anilines is 2. The molecule has 6 heteroatoms. The highest BCUT2D eigenvalue weighted by molar-refractivity contribution is 5.40. The molecule has 16 heavy (non-hydrogen) atoms. The number of rotatable bonds is 5. The van der Waals surface area contributed by atoms with Crippen molar-refractivity contribution in [3.8, 4) is 0 Å². The Morgan fingerprint density at radius 3 is 3.06 bits per heavy atom. The Morgan fingerprint density at radius 2 is 2.38 bits per heavy atom. The predicted octanol–water partition coefficient (Wildman–Crippen LogP) is 0.742. The van der Waals surface area contributed by atoms with Gasteiger partial charge in [-0.3, -0.25) is 5.43 Å². The van der Waals surface area contributed by atoms with Crippen LogP contribution in [0.1, 0.15) is 19.8 Å². The molecular formula is C10H17N5O. The number of nitrogen functional groups attached to an aromatic ring is 1. The van der Waals surface area contributed by atoms with Crippen LogP contribution in [0.3, 0.4) is 0 Å². The van der Waals surface area contributed by atoms with E-state index >= 15 is 0 Å². The lowest BCUT2D eigenvalue weighted by Crippen LogP contribution is -2.41. The molecule has 1 heterocycles. The average Bonchev–Trinajstić information content (AvgIpc) is 2.27. The molecule has 0 amide bonds. The van der Waals surface area contributed by atoms with Crippen LogP contribution in [0.2, 0.25) is 0 Å². The molecule has 0 radical (unpaired) electrons. The van der Waals surface area contributed by atoms with Crippen LogP contribution in [0, 0.1) is 0 Å². The summed E-state index contributed by atoms with van der Waals surface area (Å²) in [5.41, 5.74) is 2.42. The summed E-state index contributed by atoms with van der Waals surface area (Å²) in [6.45, 7) is 2.80. The monoisotopic (exact) mass is 223 g/mol. The van der Waals surface area contributed by atoms with Crippen molar-refractivity contribution in [1.82, 2.24) is 9.97 Å². The lowest BCUT2D eigenvalue weighted by molar-refractivity contribution is 0.00293. The Morgan fingerprint density at radius 1 is 1.56 bits per heavy atom. The molecule has 0 unspecified atom stereocenters. The number of nitrogens with zero attached hydrogens (tertiary/aromatic N) is 2. The van der Waals surface area contributed by atoms with E-state index in [0.717, 1.165) is 25.3 Å². The molecule has 1 saturated carbocycles. The van der Waals surface area contributed by atoms with Gasteiger partial charge in [0.1, 0.15) is 5.82 Å². The fourth-order valence-electron chi connectivity index (χ4n) is 1.77. The molecular weight excluding hydrogens is 206 g/mol. The van der Waals surface area contributed by atoms with Crippen molar-refractivity contribution in [1.29, 1.82) is 0 Å². The van der Waals surface area contributed by atoms with Gasteiger partial charge in [-0.2, -0.15) is 4.98 Å². The minimum absolute atomic E-state index is 0.399. The highest BCUT2D eigenvalue weighted by Crippen LogP contribution is 2.26. The maximum absolute atomic E-state index is 5.49. The fourth-order valence-corrected chi connectivity index (χ4v) is 1.77. The smallest absolute Gasteiger partial charge is 0.239 e. The molecule has 0 aliphatic heterocycles. The van der Waals surface area contributed by atoms with E-state index < -0.39 is 0 Å². The first-order valence-corrected chi connectivity index (χ1v) is 5.49. The molecule has 6 nitrogen and oxygen atoms in total. The van der Waals surface area contributed by atoms with Gasteiger partial charge in [0.25, 0.3) is 0 Å². The van der Waals surface area contributed by atoms with Crippen LogP contribution in [0.15, 0.2) is 12.3 Å². The number of ether oxygens (including phenoxy) is 1. The van der Waals surface area contributed by atoms with E-state index in [0.29, 0.717) is 18.1 Å². The van der Waals surface area contributed by atoms with E-state index in [4.69, 9.17) is 10.6 Å². The molecule has 88 valence electrons. The van der Waals surface area contributed by atoms with Gasteiger partial charge in [-0.1, -0.05) is 0 Å². The lowest BCUT2D eigenvalue weighted by atomic mass is 9.89. The third-order valence-corrected chi connectivity index (χ3v) is 2.63. The van der Waals surface area contributed by atoms with Crippen molar-refractivity contribution < 1.29 is 4.74 Å². The van der Waals surface area contributed by atoms with Crippen LogP contribution in [-0.2, 0) is 4.74 Å². The molecule has 1 aliphatic rings. The van der Waals surface area contributed by atoms with E-state index in [1.54, 1.807) is 6.20 Å². The Hall–Kier alpha value is -1.40. The summed E-state index contributed by atoms with van der Waals surface area (Å²) < 4.78 is 5.49. The van der Waals surface area contributed by atoms with Crippen LogP contribution < -0.4 is 16.6 Å². The first-order valence-electron chi connectivity index (χ1n) is 5.49. The molecule has 2 rings (SSSR count). The number of hydrogen-bond donors (Lipinski definition) is 3. The van der Waals surface area contributed by atoms with Gasteiger partial charge >= 0.3 is 0 Å². The largest absolute Gasteiger partial charge is 0.378 e. The number of aromatic nitrogens is 2. The highest BCUT2D eigenvalue weighted by Gasteiger charge is 2.29. The zero-order valence-corrected chi connectivity index (χ0v) is 9.31. The maximum atomic E-state index is 5.49. The van der Waals surface area contributed by atoms with E-state index in [2.05, 4.69) is 20.7 Å². The number of nitrogens with one attached hydrogen (secondary N) is 2. The second kappa shape index (κ2) is 5.09. The number of nitrogens with two attached hydrogens (primary N) is 1. The first-order chi connectivity index (χ1) is 7.81. The molecule has 0 atom stereocenters. The van der Waals surface area contributed by atoms with Gasteiger partial charge in [-0.15, -0.1) is 0 Å². The van der Waals surface area contributed by atoms with Gasteiger partial charge < -0.3 is 10.1 Å². The van der Waals surface area contributed by atoms with Crippen molar-refractivity contribution in [2.75, 3.05) is 17.3 Å². The van der Waals surface area contributed by atoms with Crippen molar-refractivity contribution >= 4 is 11.8 Å². The molecule has 1 aromatic heterocycles. The van der Waals surface area contributed by atoms with E-state index in [1.165, 1.54) is 0 Å². The molecule has 1 aliphatic carbocycles. The average molecular weight is 223 g/mol. The minimum atomic E-state index is 0.399. The zero-order chi connectivity index (χ0) is 11.4. The predicted molar refractivity (Wildman–Crippen MR) is 61.9 cm³/mol. The molecule has 0 bridgehead atoms. The van der Waals surface area contributed by atoms with Gasteiger partial charge in [-0.05, 0) is 25.8 Å². The van der Waals surface area contributed by atoms with Crippen molar-refractivity contribution in [3.05, 3.63) is 12.3 Å². The van der Waals surface area contributed by atoms with Crippen molar-refractivity contribution in [3.63, 3.8) is 0 Å². The maximum Gasteiger partial charge on any atom is 0.239 e. The van der Waals surface area contributed by atoms with E-state index in [-0.39, 0.29) is 0 Å². The highest BCUT2D eigenvalue weighted by atomic mass is 16.5. The molecule has 0 aromatic carbocycles. The van der Waals surface area contributed by atoms with Crippen LogP contribution in [0.25, 0.3) is 0 Å². The molecule has 1 aromatic rings. The third kappa shape index (κ3) is 2.59. The van der Waals surface area contributed by atoms with Gasteiger partial charge in [0.15, 0.2) is 0 Å².